The van der Waals surface area contributed by atoms with Crippen molar-refractivity contribution in [3.05, 3.63) is 68.4 Å². The van der Waals surface area contributed by atoms with E-state index in [9.17, 15) is 19.1 Å². The van der Waals surface area contributed by atoms with Crippen LogP contribution in [0.15, 0.2) is 51.4 Å². The molecule has 2 aliphatic rings. The number of aliphatic hydroxyl groups is 1. The van der Waals surface area contributed by atoms with Crippen molar-refractivity contribution in [1.29, 1.82) is 0 Å². The van der Waals surface area contributed by atoms with E-state index in [1.807, 2.05) is 51.1 Å². The van der Waals surface area contributed by atoms with Gasteiger partial charge in [-0.15, -0.1) is 0 Å². The molecule has 2 aromatic carbocycles. The summed E-state index contributed by atoms with van der Waals surface area (Å²) in [6.45, 7) is 11.2. The van der Waals surface area contributed by atoms with Gasteiger partial charge in [-0.05, 0) is 82.0 Å². The highest BCUT2D eigenvalue weighted by molar-refractivity contribution is 9.11. The van der Waals surface area contributed by atoms with Crippen molar-refractivity contribution in [1.82, 2.24) is 20.0 Å². The standard InChI is InChI=1S/C32H43Br2FN4O4/c1-32(2,3)43-31(42)38-11-12-39(28(21-38)9-13-40)29-19-37(20-29)10-8-23(22-4-6-27(35)7-5-22)17-36-18-30(41)24-14-25(33)16-26(34)15-24/h4-7,14-16,23,28-29,36,40H,8-13,17-21H2,1-3H3/t23-,28?/m1/s1. The van der Waals surface area contributed by atoms with Gasteiger partial charge in [-0.3, -0.25) is 9.69 Å². The van der Waals surface area contributed by atoms with Crippen molar-refractivity contribution >= 4 is 43.7 Å². The second-order valence-corrected chi connectivity index (χ2v) is 14.3. The van der Waals surface area contributed by atoms with E-state index in [1.54, 1.807) is 4.90 Å². The largest absolute Gasteiger partial charge is 0.444 e. The van der Waals surface area contributed by atoms with E-state index in [0.29, 0.717) is 37.7 Å². The van der Waals surface area contributed by atoms with Crippen LogP contribution in [0.1, 0.15) is 55.5 Å². The minimum absolute atomic E-state index is 0.00893. The lowest BCUT2D eigenvalue weighted by atomic mass is 9.93. The van der Waals surface area contributed by atoms with Gasteiger partial charge in [0, 0.05) is 72.5 Å². The molecule has 2 atom stereocenters. The zero-order valence-electron chi connectivity index (χ0n) is 25.2. The van der Waals surface area contributed by atoms with Crippen molar-refractivity contribution in [2.75, 3.05) is 59.0 Å². The molecule has 2 saturated heterocycles. The summed E-state index contributed by atoms with van der Waals surface area (Å²) in [7, 11) is 0. The number of nitrogens with one attached hydrogen (secondary N) is 1. The molecule has 2 fully saturated rings. The Morgan fingerprint density at radius 1 is 1.07 bits per heavy atom. The number of rotatable bonds is 12. The molecule has 2 N–H and O–H groups in total. The normalized spacial score (nSPS) is 19.2. The molecule has 0 aromatic heterocycles. The Morgan fingerprint density at radius 3 is 2.37 bits per heavy atom. The number of Topliss-reactive ketones (excluding diaryl/α,β-unsaturated/α-hetero) is 1. The second-order valence-electron chi connectivity index (χ2n) is 12.5. The quantitative estimate of drug-likeness (QED) is 0.288. The Balaban J connectivity index is 1.28. The lowest BCUT2D eigenvalue weighted by Crippen LogP contribution is -2.67. The van der Waals surface area contributed by atoms with Crippen molar-refractivity contribution in [2.45, 2.75) is 57.2 Å². The highest BCUT2D eigenvalue weighted by Crippen LogP contribution is 2.26. The molecule has 43 heavy (non-hydrogen) atoms. The Hall–Kier alpha value is -1.89. The molecule has 2 aromatic rings. The van der Waals surface area contributed by atoms with Crippen LogP contribution in [-0.2, 0) is 4.74 Å². The van der Waals surface area contributed by atoms with Crippen LogP contribution in [0.4, 0.5) is 9.18 Å². The van der Waals surface area contributed by atoms with E-state index in [-0.39, 0.29) is 42.8 Å². The number of carbonyl (C=O) groups is 2. The Kier molecular flexibility index (Phi) is 12.2. The molecule has 0 aliphatic carbocycles. The van der Waals surface area contributed by atoms with Gasteiger partial charge in [0.1, 0.15) is 11.4 Å². The van der Waals surface area contributed by atoms with E-state index >= 15 is 0 Å². The van der Waals surface area contributed by atoms with E-state index in [0.717, 1.165) is 47.1 Å². The fourth-order valence-corrected chi connectivity index (χ4v) is 7.11. The Bertz CT molecular complexity index is 1220. The molecule has 1 amide bonds. The summed E-state index contributed by atoms with van der Waals surface area (Å²) in [5, 5.41) is 13.0. The number of ketones is 1. The lowest BCUT2D eigenvalue weighted by Gasteiger charge is -2.52. The highest BCUT2D eigenvalue weighted by Gasteiger charge is 2.39. The minimum atomic E-state index is -0.539. The SMILES string of the molecule is CC(C)(C)OC(=O)N1CCN(C2CN(CC[C@H](CNCC(=O)c3cc(Br)cc(Br)c3)c3ccc(F)cc3)C2)C(CCO)C1. The van der Waals surface area contributed by atoms with Gasteiger partial charge in [0.05, 0.1) is 6.54 Å². The van der Waals surface area contributed by atoms with E-state index in [4.69, 9.17) is 4.74 Å². The Labute approximate surface area is 271 Å². The van der Waals surface area contributed by atoms with Crippen molar-refractivity contribution in [3.63, 3.8) is 0 Å². The molecule has 1 unspecified atom stereocenters. The molecule has 0 bridgehead atoms. The smallest absolute Gasteiger partial charge is 0.410 e. The molecule has 0 radical (unpaired) electrons. The maximum atomic E-state index is 13.7. The van der Waals surface area contributed by atoms with Gasteiger partial charge in [-0.25, -0.2) is 9.18 Å². The average molecular weight is 727 g/mol. The number of carbonyl (C=O) groups excluding carboxylic acids is 2. The van der Waals surface area contributed by atoms with Gasteiger partial charge in [0.25, 0.3) is 0 Å². The molecule has 2 heterocycles. The fraction of sp³-hybridized carbons (Fsp3) is 0.562. The van der Waals surface area contributed by atoms with Crippen LogP contribution in [0.3, 0.4) is 0 Å². The second kappa shape index (κ2) is 15.4. The number of nitrogens with zero attached hydrogens (tertiary/aromatic N) is 3. The summed E-state index contributed by atoms with van der Waals surface area (Å²) < 4.78 is 20.9. The number of likely N-dealkylation sites (tertiary alicyclic amines) is 1. The highest BCUT2D eigenvalue weighted by atomic mass is 79.9. The van der Waals surface area contributed by atoms with Crippen LogP contribution in [0, 0.1) is 5.82 Å². The van der Waals surface area contributed by atoms with Crippen molar-refractivity contribution in [3.8, 4) is 0 Å². The van der Waals surface area contributed by atoms with Gasteiger partial charge >= 0.3 is 6.09 Å². The molecule has 4 rings (SSSR count). The number of aliphatic hydroxyl groups excluding tert-OH is 1. The number of benzene rings is 2. The third-order valence-electron chi connectivity index (χ3n) is 8.05. The molecule has 0 spiro atoms. The summed E-state index contributed by atoms with van der Waals surface area (Å²) in [5.41, 5.74) is 1.14. The number of halogens is 3. The molecular weight excluding hydrogens is 683 g/mol. The van der Waals surface area contributed by atoms with Crippen LogP contribution < -0.4 is 5.32 Å². The lowest BCUT2D eigenvalue weighted by molar-refractivity contribution is -0.0427. The summed E-state index contributed by atoms with van der Waals surface area (Å²) in [6, 6.07) is 12.6. The van der Waals surface area contributed by atoms with Gasteiger partial charge < -0.3 is 25.0 Å². The van der Waals surface area contributed by atoms with Gasteiger partial charge in [-0.1, -0.05) is 44.0 Å². The minimum Gasteiger partial charge on any atom is -0.444 e. The summed E-state index contributed by atoms with van der Waals surface area (Å²) in [4.78, 5) is 32.1. The molecule has 11 heteroatoms. The maximum Gasteiger partial charge on any atom is 0.410 e. The summed E-state index contributed by atoms with van der Waals surface area (Å²) >= 11 is 6.88. The molecule has 2 aliphatic heterocycles. The predicted molar refractivity (Wildman–Crippen MR) is 173 cm³/mol. The first-order valence-electron chi connectivity index (χ1n) is 14.9. The molecule has 8 nitrogen and oxygen atoms in total. The van der Waals surface area contributed by atoms with E-state index in [2.05, 4.69) is 47.0 Å². The Morgan fingerprint density at radius 2 is 1.74 bits per heavy atom. The van der Waals surface area contributed by atoms with Crippen LogP contribution in [-0.4, -0.2) is 108 Å². The summed E-state index contributed by atoms with van der Waals surface area (Å²) in [5.74, 6) is -0.128. The number of piperazine rings is 1. The van der Waals surface area contributed by atoms with E-state index < -0.39 is 5.60 Å². The number of amides is 1. The topological polar surface area (TPSA) is 85.4 Å². The zero-order valence-corrected chi connectivity index (χ0v) is 28.4. The van der Waals surface area contributed by atoms with Gasteiger partial charge in [0.15, 0.2) is 5.78 Å². The van der Waals surface area contributed by atoms with E-state index in [1.165, 1.54) is 12.1 Å². The van der Waals surface area contributed by atoms with Crippen molar-refractivity contribution < 1.29 is 23.8 Å². The average Bonchev–Trinajstić information content (AvgIpc) is 2.91. The third kappa shape index (κ3) is 10.1. The monoisotopic (exact) mass is 724 g/mol. The number of ether oxygens (including phenoxy) is 1. The molecular formula is C32H43Br2FN4O4. The third-order valence-corrected chi connectivity index (χ3v) is 8.96. The fourth-order valence-electron chi connectivity index (χ4n) is 5.82. The first kappa shape index (κ1) is 34.0. The van der Waals surface area contributed by atoms with Gasteiger partial charge in [0.2, 0.25) is 0 Å². The summed E-state index contributed by atoms with van der Waals surface area (Å²) in [6.07, 6.45) is 1.19. The van der Waals surface area contributed by atoms with Crippen LogP contribution in [0.25, 0.3) is 0 Å². The number of hydrogen-bond donors (Lipinski definition) is 2. The van der Waals surface area contributed by atoms with Crippen LogP contribution in [0.2, 0.25) is 0 Å². The maximum absolute atomic E-state index is 13.7. The zero-order chi connectivity index (χ0) is 31.1. The number of hydrogen-bond acceptors (Lipinski definition) is 7. The van der Waals surface area contributed by atoms with Gasteiger partial charge in [-0.2, -0.15) is 0 Å². The first-order chi connectivity index (χ1) is 20.4. The van der Waals surface area contributed by atoms with Crippen LogP contribution in [0.5, 0.6) is 0 Å². The van der Waals surface area contributed by atoms with Crippen molar-refractivity contribution in [2.24, 2.45) is 0 Å². The van der Waals surface area contributed by atoms with Crippen LogP contribution >= 0.6 is 31.9 Å². The molecule has 236 valence electrons. The predicted octanol–water partition coefficient (Wildman–Crippen LogP) is 5.28. The molecule has 0 saturated carbocycles. The first-order valence-corrected chi connectivity index (χ1v) is 16.5.